The molecule has 0 aromatic heterocycles. The molecule has 1 atom stereocenters. The summed E-state index contributed by atoms with van der Waals surface area (Å²) in [6.07, 6.45) is 47.1. The van der Waals surface area contributed by atoms with Crippen molar-refractivity contribution in [2.45, 2.75) is 200 Å². The van der Waals surface area contributed by atoms with Crippen molar-refractivity contribution in [2.24, 2.45) is 0 Å². The second-order valence-corrected chi connectivity index (χ2v) is 18.5. The number of likely N-dealkylation sites (N-methyl/N-ethyl adjacent to an activating group) is 2. The van der Waals surface area contributed by atoms with Gasteiger partial charge in [0.05, 0.1) is 68.3 Å². The molecule has 6 nitrogen and oxygen atoms in total. The van der Waals surface area contributed by atoms with Crippen LogP contribution in [0.5, 0.6) is 0 Å². The molecular weight excluding hydrogens is 852 g/mol. The van der Waals surface area contributed by atoms with Gasteiger partial charge >= 0.3 is 0 Å². The van der Waals surface area contributed by atoms with E-state index >= 15 is 0 Å². The summed E-state index contributed by atoms with van der Waals surface area (Å²) in [5.41, 5.74) is 0. The van der Waals surface area contributed by atoms with Crippen LogP contribution in [0.3, 0.4) is 0 Å². The molecule has 58 heavy (non-hydrogen) atoms. The maximum Gasteiger partial charge on any atom is 0.130 e. The van der Waals surface area contributed by atoms with Gasteiger partial charge in [0.2, 0.25) is 0 Å². The van der Waals surface area contributed by atoms with Crippen LogP contribution in [0.25, 0.3) is 0 Å². The largest absolute Gasteiger partial charge is 1.00 e. The molecule has 0 aromatic rings. The molecule has 0 fully saturated rings. The van der Waals surface area contributed by atoms with E-state index in [-0.39, 0.29) is 40.1 Å². The van der Waals surface area contributed by atoms with E-state index in [2.05, 4.69) is 73.4 Å². The molecule has 0 spiro atoms. The summed E-state index contributed by atoms with van der Waals surface area (Å²) in [5, 5.41) is 0. The van der Waals surface area contributed by atoms with Gasteiger partial charge in [-0.3, -0.25) is 0 Å². The van der Waals surface area contributed by atoms with Gasteiger partial charge in [-0.2, -0.15) is 0 Å². The van der Waals surface area contributed by atoms with Gasteiger partial charge in [-0.1, -0.05) is 154 Å². The predicted molar refractivity (Wildman–Crippen MR) is 246 cm³/mol. The highest BCUT2D eigenvalue weighted by atomic mass is 79.9. The number of nitrogens with zero attached hydrogens (tertiary/aromatic N) is 2. The highest BCUT2D eigenvalue weighted by Gasteiger charge is 2.23. The molecule has 0 saturated heterocycles. The molecule has 0 aliphatic carbocycles. The van der Waals surface area contributed by atoms with Gasteiger partial charge in [-0.05, 0) is 64.2 Å². The van der Waals surface area contributed by atoms with Crippen LogP contribution >= 0.6 is 0 Å². The van der Waals surface area contributed by atoms with E-state index in [0.29, 0.717) is 19.8 Å². The second-order valence-electron chi connectivity index (χ2n) is 18.5. The van der Waals surface area contributed by atoms with E-state index in [1.165, 1.54) is 167 Å². The smallest absolute Gasteiger partial charge is 0.130 e. The number of unbranched alkanes of at least 4 members (excludes halogenated alkanes) is 24. The number of rotatable bonds is 46. The molecule has 0 aromatic carbocycles. The summed E-state index contributed by atoms with van der Waals surface area (Å²) in [5.74, 6) is 0. The van der Waals surface area contributed by atoms with Crippen molar-refractivity contribution >= 4 is 0 Å². The second kappa shape index (κ2) is 48.2. The van der Waals surface area contributed by atoms with Gasteiger partial charge in [0.1, 0.15) is 25.7 Å². The zero-order valence-electron chi connectivity index (χ0n) is 40.0. The topological polar surface area (TPSA) is 36.9 Å². The molecule has 0 bridgehead atoms. The lowest BCUT2D eigenvalue weighted by Gasteiger charge is -2.33. The maximum absolute atomic E-state index is 6.51. The Morgan fingerprint density at radius 2 is 0.741 bits per heavy atom. The number of ether oxygens (including phenoxy) is 4. The summed E-state index contributed by atoms with van der Waals surface area (Å²) < 4.78 is 26.3. The lowest BCUT2D eigenvalue weighted by molar-refractivity contribution is -0.894. The van der Waals surface area contributed by atoms with Crippen molar-refractivity contribution in [1.29, 1.82) is 0 Å². The van der Waals surface area contributed by atoms with Crippen molar-refractivity contribution in [1.82, 2.24) is 0 Å². The van der Waals surface area contributed by atoms with E-state index in [0.717, 1.165) is 67.9 Å². The Morgan fingerprint density at radius 3 is 1.16 bits per heavy atom. The first-order valence-electron chi connectivity index (χ1n) is 24.5. The first kappa shape index (κ1) is 62.5. The Hall–Kier alpha value is 0.200. The summed E-state index contributed by atoms with van der Waals surface area (Å²) in [6, 6.07) is 0. The van der Waals surface area contributed by atoms with Crippen molar-refractivity contribution in [2.75, 3.05) is 101 Å². The summed E-state index contributed by atoms with van der Waals surface area (Å²) >= 11 is 0. The zero-order chi connectivity index (χ0) is 41.1. The molecule has 0 saturated carbocycles. The number of hydrogen-bond donors (Lipinski definition) is 0. The van der Waals surface area contributed by atoms with Crippen LogP contribution in [-0.2, 0) is 18.9 Å². The van der Waals surface area contributed by atoms with Crippen LogP contribution in [0.15, 0.2) is 24.3 Å². The van der Waals surface area contributed by atoms with Crippen LogP contribution in [0.1, 0.15) is 194 Å². The Morgan fingerprint density at radius 1 is 0.379 bits per heavy atom. The average molecular weight is 955 g/mol. The van der Waals surface area contributed by atoms with Crippen LogP contribution < -0.4 is 34.0 Å². The maximum atomic E-state index is 6.51. The van der Waals surface area contributed by atoms with Crippen molar-refractivity contribution in [3.05, 3.63) is 24.3 Å². The Labute approximate surface area is 385 Å². The van der Waals surface area contributed by atoms with E-state index in [1.807, 2.05) is 0 Å². The predicted octanol–water partition coefficient (Wildman–Crippen LogP) is 7.29. The van der Waals surface area contributed by atoms with Crippen molar-refractivity contribution in [3.63, 3.8) is 0 Å². The fourth-order valence-corrected chi connectivity index (χ4v) is 7.03. The van der Waals surface area contributed by atoms with Crippen LogP contribution in [0.2, 0.25) is 0 Å². The average Bonchev–Trinajstić information content (AvgIpc) is 3.15. The van der Waals surface area contributed by atoms with Gasteiger partial charge in [0.15, 0.2) is 0 Å². The van der Waals surface area contributed by atoms with Crippen molar-refractivity contribution < 1.29 is 61.9 Å². The molecule has 350 valence electrons. The number of halogens is 2. The quantitative estimate of drug-likeness (QED) is 0.0366. The Balaban J connectivity index is -0.0000151. The van der Waals surface area contributed by atoms with Gasteiger partial charge in [0, 0.05) is 13.2 Å². The zero-order valence-corrected chi connectivity index (χ0v) is 43.2. The van der Waals surface area contributed by atoms with E-state index < -0.39 is 0 Å². The molecule has 0 heterocycles. The molecule has 0 rings (SSSR count). The third-order valence-electron chi connectivity index (χ3n) is 10.9. The van der Waals surface area contributed by atoms with Crippen LogP contribution in [0.4, 0.5) is 0 Å². The highest BCUT2D eigenvalue weighted by Crippen LogP contribution is 2.13. The van der Waals surface area contributed by atoms with Gasteiger partial charge in [0.25, 0.3) is 0 Å². The third-order valence-corrected chi connectivity index (χ3v) is 10.9. The normalized spacial score (nSPS) is 12.7. The number of quaternary nitrogens is 2. The molecular formula is C50H102Br2N2O4. The van der Waals surface area contributed by atoms with Gasteiger partial charge < -0.3 is 61.9 Å². The molecule has 1 unspecified atom stereocenters. The molecule has 8 heteroatoms. The molecule has 0 N–H and O–H groups in total. The fourth-order valence-electron chi connectivity index (χ4n) is 7.03. The first-order valence-corrected chi connectivity index (χ1v) is 24.5. The van der Waals surface area contributed by atoms with E-state index in [9.17, 15) is 0 Å². The minimum atomic E-state index is 0. The molecule has 0 aliphatic rings. The van der Waals surface area contributed by atoms with Gasteiger partial charge in [-0.15, -0.1) is 0 Å². The minimum absolute atomic E-state index is 0. The molecule has 0 aliphatic heterocycles. The van der Waals surface area contributed by atoms with Crippen LogP contribution in [0, 0.1) is 0 Å². The summed E-state index contributed by atoms with van der Waals surface area (Å²) in [7, 11) is 11.2. The lowest BCUT2D eigenvalue weighted by atomic mass is 10.1. The molecule has 0 radical (unpaired) electrons. The monoisotopic (exact) mass is 953 g/mol. The minimum Gasteiger partial charge on any atom is -1.00 e. The molecule has 0 amide bonds. The van der Waals surface area contributed by atoms with E-state index in [1.54, 1.807) is 0 Å². The summed E-state index contributed by atoms with van der Waals surface area (Å²) in [4.78, 5) is 0. The van der Waals surface area contributed by atoms with Crippen LogP contribution in [-0.4, -0.2) is 116 Å². The third kappa shape index (κ3) is 52.3. The SMILES string of the molecule is CCCCCCCC/C=C\CCCCCCCCOCC(C[N+](C)(C)CCOCCOCC[N+](C)(C)C)OCCCCCCCC/C=C\CCCCCCCC.[Br-].[Br-]. The summed E-state index contributed by atoms with van der Waals surface area (Å²) in [6.45, 7) is 12.7. The lowest BCUT2D eigenvalue weighted by Crippen LogP contribution is -3.00. The van der Waals surface area contributed by atoms with Crippen molar-refractivity contribution in [3.8, 4) is 0 Å². The Kier molecular flexibility index (Phi) is 52.0. The fraction of sp³-hybridized carbons (Fsp3) is 0.920. The standard InChI is InChI=1S/C50H102N2O4.2BrH/c1-8-10-12-14-16-18-20-22-24-26-28-30-32-34-36-38-42-55-49-50(48-52(6,7)41-45-54-47-46-53-44-40-51(3,4)5)56-43-39-37-35-33-31-29-27-25-23-21-19-17-15-13-11-9-2;;/h22-25,50H,8-21,26-49H2,1-7H3;2*1H/q+2;;/p-2/b24-22-,25-23-;;. The number of hydrogen-bond acceptors (Lipinski definition) is 4. The first-order chi connectivity index (χ1) is 27.2. The highest BCUT2D eigenvalue weighted by molar-refractivity contribution is 4.82. The number of allylic oxidation sites excluding steroid dienone is 4. The van der Waals surface area contributed by atoms with E-state index in [4.69, 9.17) is 18.9 Å². The van der Waals surface area contributed by atoms with Gasteiger partial charge in [-0.25, -0.2) is 0 Å². The Bertz CT molecular complexity index is 837.